The van der Waals surface area contributed by atoms with Crippen LogP contribution in [0.25, 0.3) is 11.3 Å². The first-order valence-electron chi connectivity index (χ1n) is 10.9. The molecule has 3 aromatic rings. The molecule has 1 aliphatic rings. The summed E-state index contributed by atoms with van der Waals surface area (Å²) in [7, 11) is 0. The molecule has 2 heterocycles. The first kappa shape index (κ1) is 21.9. The Balaban J connectivity index is 1.77. The number of benzene rings is 1. The summed E-state index contributed by atoms with van der Waals surface area (Å²) in [6, 6.07) is 3.18. The van der Waals surface area contributed by atoms with E-state index in [0.717, 1.165) is 50.3 Å². The number of hydrogen-bond donors (Lipinski definition) is 1. The van der Waals surface area contributed by atoms with E-state index in [2.05, 4.69) is 25.3 Å². The van der Waals surface area contributed by atoms with Crippen LogP contribution in [0.5, 0.6) is 0 Å². The Hall–Kier alpha value is -3.29. The second-order valence-electron chi connectivity index (χ2n) is 8.38. The van der Waals surface area contributed by atoms with Crippen LogP contribution in [0, 0.1) is 11.6 Å². The summed E-state index contributed by atoms with van der Waals surface area (Å²) in [5.74, 6) is -0.790. The van der Waals surface area contributed by atoms with Crippen LogP contribution in [0.4, 0.5) is 14.5 Å². The van der Waals surface area contributed by atoms with E-state index in [-0.39, 0.29) is 28.7 Å². The number of rotatable bonds is 5. The first-order valence-corrected chi connectivity index (χ1v) is 10.9. The predicted octanol–water partition coefficient (Wildman–Crippen LogP) is 5.64. The quantitative estimate of drug-likeness (QED) is 0.559. The monoisotopic (exact) mass is 437 g/mol. The van der Waals surface area contributed by atoms with E-state index >= 15 is 0 Å². The molecule has 8 heteroatoms. The zero-order valence-electron chi connectivity index (χ0n) is 18.1. The van der Waals surface area contributed by atoms with Gasteiger partial charge in [-0.2, -0.15) is 0 Å². The van der Waals surface area contributed by atoms with Crippen molar-refractivity contribution < 1.29 is 13.6 Å². The Morgan fingerprint density at radius 3 is 2.44 bits per heavy atom. The molecule has 1 fully saturated rings. The standard InChI is InChI=1S/C24H25F2N5O/c1-14(2)23-27-11-16(12-28-23)24(32)31-22-20(15-6-4-3-5-7-15)29-13-30-21(22)18-10-17(25)8-9-19(18)26/h8-15H,3-7H2,1-2H3,(H,31,32). The van der Waals surface area contributed by atoms with Crippen molar-refractivity contribution in [3.63, 3.8) is 0 Å². The lowest BCUT2D eigenvalue weighted by atomic mass is 9.85. The van der Waals surface area contributed by atoms with Crippen LogP contribution in [-0.4, -0.2) is 25.8 Å². The molecule has 0 saturated heterocycles. The van der Waals surface area contributed by atoms with Gasteiger partial charge in [0.25, 0.3) is 5.91 Å². The molecule has 32 heavy (non-hydrogen) atoms. The van der Waals surface area contributed by atoms with Crippen molar-refractivity contribution in [1.29, 1.82) is 0 Å². The molecule has 1 aliphatic carbocycles. The fraction of sp³-hybridized carbons (Fsp3) is 0.375. The van der Waals surface area contributed by atoms with E-state index in [4.69, 9.17) is 0 Å². The van der Waals surface area contributed by atoms with E-state index < -0.39 is 17.5 Å². The highest BCUT2D eigenvalue weighted by Gasteiger charge is 2.26. The Morgan fingerprint density at radius 2 is 1.75 bits per heavy atom. The largest absolute Gasteiger partial charge is 0.318 e. The third-order valence-electron chi connectivity index (χ3n) is 5.74. The molecule has 4 rings (SSSR count). The number of anilines is 1. The summed E-state index contributed by atoms with van der Waals surface area (Å²) in [4.78, 5) is 30.2. The molecule has 0 spiro atoms. The minimum absolute atomic E-state index is 0.0221. The molecule has 2 aromatic heterocycles. The van der Waals surface area contributed by atoms with Crippen LogP contribution in [0.2, 0.25) is 0 Å². The number of halogens is 2. The molecule has 0 radical (unpaired) electrons. The molecule has 0 aliphatic heterocycles. The number of hydrogen-bond acceptors (Lipinski definition) is 5. The Morgan fingerprint density at radius 1 is 1.03 bits per heavy atom. The van der Waals surface area contributed by atoms with Gasteiger partial charge in [-0.05, 0) is 31.0 Å². The lowest BCUT2D eigenvalue weighted by Gasteiger charge is -2.24. The molecular weight excluding hydrogens is 412 g/mol. The topological polar surface area (TPSA) is 80.7 Å². The lowest BCUT2D eigenvalue weighted by Crippen LogP contribution is -2.19. The molecule has 6 nitrogen and oxygen atoms in total. The second kappa shape index (κ2) is 9.46. The Kier molecular flexibility index (Phi) is 6.48. The van der Waals surface area contributed by atoms with Gasteiger partial charge in [-0.1, -0.05) is 33.1 Å². The van der Waals surface area contributed by atoms with Crippen molar-refractivity contribution in [2.24, 2.45) is 0 Å². The fourth-order valence-electron chi connectivity index (χ4n) is 4.03. The highest BCUT2D eigenvalue weighted by Crippen LogP contribution is 2.39. The van der Waals surface area contributed by atoms with E-state index in [1.54, 1.807) is 0 Å². The second-order valence-corrected chi connectivity index (χ2v) is 8.38. The molecule has 1 N–H and O–H groups in total. The number of nitrogens with one attached hydrogen (secondary N) is 1. The number of nitrogens with zero attached hydrogens (tertiary/aromatic N) is 4. The van der Waals surface area contributed by atoms with Crippen molar-refractivity contribution in [3.8, 4) is 11.3 Å². The zero-order valence-corrected chi connectivity index (χ0v) is 18.1. The lowest BCUT2D eigenvalue weighted by molar-refractivity contribution is 0.102. The van der Waals surface area contributed by atoms with Gasteiger partial charge in [0, 0.05) is 29.8 Å². The van der Waals surface area contributed by atoms with Crippen molar-refractivity contribution in [2.45, 2.75) is 57.8 Å². The average Bonchev–Trinajstić information content (AvgIpc) is 2.81. The Bertz CT molecular complexity index is 1110. The van der Waals surface area contributed by atoms with Gasteiger partial charge >= 0.3 is 0 Å². The summed E-state index contributed by atoms with van der Waals surface area (Å²) >= 11 is 0. The van der Waals surface area contributed by atoms with Gasteiger partial charge in [0.2, 0.25) is 0 Å². The van der Waals surface area contributed by atoms with Crippen molar-refractivity contribution in [1.82, 2.24) is 19.9 Å². The van der Waals surface area contributed by atoms with Gasteiger partial charge in [-0.25, -0.2) is 28.7 Å². The maximum absolute atomic E-state index is 14.6. The van der Waals surface area contributed by atoms with Gasteiger partial charge in [0.1, 0.15) is 29.5 Å². The van der Waals surface area contributed by atoms with Crippen LogP contribution >= 0.6 is 0 Å². The summed E-state index contributed by atoms with van der Waals surface area (Å²) in [6.07, 6.45) is 9.35. The third kappa shape index (κ3) is 4.64. The van der Waals surface area contributed by atoms with Crippen LogP contribution < -0.4 is 5.32 Å². The van der Waals surface area contributed by atoms with E-state index in [1.807, 2.05) is 13.8 Å². The highest BCUT2D eigenvalue weighted by molar-refractivity contribution is 6.06. The van der Waals surface area contributed by atoms with Gasteiger partial charge < -0.3 is 5.32 Å². The van der Waals surface area contributed by atoms with E-state index in [0.29, 0.717) is 17.2 Å². The zero-order chi connectivity index (χ0) is 22.7. The maximum Gasteiger partial charge on any atom is 0.258 e. The number of carbonyl (C=O) groups is 1. The summed E-state index contributed by atoms with van der Waals surface area (Å²) in [5, 5.41) is 2.85. The van der Waals surface area contributed by atoms with Crippen molar-refractivity contribution >= 4 is 11.6 Å². The van der Waals surface area contributed by atoms with E-state index in [9.17, 15) is 13.6 Å². The average molecular weight is 437 g/mol. The van der Waals surface area contributed by atoms with Crippen LogP contribution in [0.15, 0.2) is 36.9 Å². The summed E-state index contributed by atoms with van der Waals surface area (Å²) < 4.78 is 28.6. The third-order valence-corrected chi connectivity index (χ3v) is 5.74. The first-order chi connectivity index (χ1) is 15.4. The predicted molar refractivity (Wildman–Crippen MR) is 117 cm³/mol. The highest BCUT2D eigenvalue weighted by atomic mass is 19.1. The molecular formula is C24H25F2N5O. The Labute approximate surface area is 185 Å². The molecule has 1 aromatic carbocycles. The SMILES string of the molecule is CC(C)c1ncc(C(=O)Nc2c(-c3cc(F)ccc3F)ncnc2C2CCCCC2)cn1. The minimum Gasteiger partial charge on any atom is -0.318 e. The smallest absolute Gasteiger partial charge is 0.258 e. The van der Waals surface area contributed by atoms with Crippen LogP contribution in [0.1, 0.15) is 79.7 Å². The van der Waals surface area contributed by atoms with Crippen molar-refractivity contribution in [2.75, 3.05) is 5.32 Å². The minimum atomic E-state index is -0.625. The molecule has 0 unspecified atom stereocenters. The van der Waals surface area contributed by atoms with Gasteiger partial charge in [-0.3, -0.25) is 4.79 Å². The van der Waals surface area contributed by atoms with Gasteiger partial charge in [-0.15, -0.1) is 0 Å². The summed E-state index contributed by atoms with van der Waals surface area (Å²) in [5.41, 5.74) is 1.35. The maximum atomic E-state index is 14.6. The molecule has 1 amide bonds. The summed E-state index contributed by atoms with van der Waals surface area (Å²) in [6.45, 7) is 3.93. The van der Waals surface area contributed by atoms with Crippen LogP contribution in [-0.2, 0) is 0 Å². The van der Waals surface area contributed by atoms with Crippen LogP contribution in [0.3, 0.4) is 0 Å². The number of aromatic nitrogens is 4. The molecule has 166 valence electrons. The van der Waals surface area contributed by atoms with E-state index in [1.165, 1.54) is 18.7 Å². The normalized spacial score (nSPS) is 14.5. The number of amides is 1. The van der Waals surface area contributed by atoms with Crippen molar-refractivity contribution in [3.05, 3.63) is 65.6 Å². The van der Waals surface area contributed by atoms with Gasteiger partial charge in [0.05, 0.1) is 16.9 Å². The van der Waals surface area contributed by atoms with Gasteiger partial charge in [0.15, 0.2) is 0 Å². The molecule has 0 bridgehead atoms. The fourth-order valence-corrected chi connectivity index (χ4v) is 4.03. The number of carbonyl (C=O) groups excluding carboxylic acids is 1. The molecule has 0 atom stereocenters. The molecule has 1 saturated carbocycles.